The average Bonchev–Trinajstić information content (AvgIpc) is 3.06. The van der Waals surface area contributed by atoms with E-state index < -0.39 is 0 Å². The predicted molar refractivity (Wildman–Crippen MR) is 107 cm³/mol. The van der Waals surface area contributed by atoms with Crippen LogP contribution in [0.4, 0.5) is 11.5 Å². The van der Waals surface area contributed by atoms with E-state index in [0.717, 1.165) is 22.4 Å². The molecule has 29 heavy (non-hydrogen) atoms. The molecule has 0 aromatic carbocycles. The van der Waals surface area contributed by atoms with Crippen LogP contribution in [0.15, 0.2) is 49.2 Å². The molecule has 4 aromatic heterocycles. The summed E-state index contributed by atoms with van der Waals surface area (Å²) in [4.78, 5) is 31.6. The molecule has 1 aliphatic heterocycles. The van der Waals surface area contributed by atoms with Gasteiger partial charge in [0.1, 0.15) is 35.8 Å². The lowest BCUT2D eigenvalue weighted by Crippen LogP contribution is -2.32. The first-order valence-corrected chi connectivity index (χ1v) is 9.07. The average molecular weight is 387 g/mol. The highest BCUT2D eigenvalue weighted by atomic mass is 16.5. The number of pyridine rings is 2. The van der Waals surface area contributed by atoms with Gasteiger partial charge in [0.25, 0.3) is 5.91 Å². The minimum atomic E-state index is -0.309. The van der Waals surface area contributed by atoms with Gasteiger partial charge < -0.3 is 15.4 Å². The van der Waals surface area contributed by atoms with Crippen molar-refractivity contribution in [2.24, 2.45) is 0 Å². The van der Waals surface area contributed by atoms with Crippen molar-refractivity contribution in [3.63, 3.8) is 0 Å². The number of aryl methyl sites for hydroxylation is 1. The lowest BCUT2D eigenvalue weighted by atomic mass is 10.2. The Morgan fingerprint density at radius 1 is 1.14 bits per heavy atom. The van der Waals surface area contributed by atoms with E-state index in [1.54, 1.807) is 17.3 Å². The van der Waals surface area contributed by atoms with Gasteiger partial charge in [0.05, 0.1) is 18.4 Å². The Hall–Kier alpha value is -4.01. The number of nitrogen functional groups attached to an aromatic ring is 1. The Bertz CT molecular complexity index is 1250. The van der Waals surface area contributed by atoms with Crippen molar-refractivity contribution in [2.75, 3.05) is 23.8 Å². The summed E-state index contributed by atoms with van der Waals surface area (Å²) in [5, 5.41) is 0.890. The third-order valence-electron chi connectivity index (χ3n) is 4.83. The first-order valence-electron chi connectivity index (χ1n) is 9.07. The van der Waals surface area contributed by atoms with Crippen LogP contribution >= 0.6 is 0 Å². The van der Waals surface area contributed by atoms with Crippen molar-refractivity contribution < 1.29 is 9.53 Å². The van der Waals surface area contributed by atoms with Gasteiger partial charge in [-0.3, -0.25) is 9.36 Å². The van der Waals surface area contributed by atoms with Crippen LogP contribution in [0.3, 0.4) is 0 Å². The number of hydrogen-bond donors (Lipinski definition) is 1. The maximum Gasteiger partial charge on any atom is 0.267 e. The molecule has 4 aromatic rings. The zero-order chi connectivity index (χ0) is 20.0. The van der Waals surface area contributed by atoms with E-state index in [0.29, 0.717) is 18.8 Å². The third-order valence-corrected chi connectivity index (χ3v) is 4.83. The van der Waals surface area contributed by atoms with E-state index in [4.69, 9.17) is 10.5 Å². The number of nitrogens with two attached hydrogens (primary N) is 1. The summed E-state index contributed by atoms with van der Waals surface area (Å²) in [5.41, 5.74) is 8.60. The number of nitrogens with zero attached hydrogens (tertiary/aromatic N) is 6. The number of hydrogen-bond acceptors (Lipinski definition) is 7. The molecule has 0 unspecified atom stereocenters. The van der Waals surface area contributed by atoms with Crippen molar-refractivity contribution in [3.05, 3.63) is 60.3 Å². The van der Waals surface area contributed by atoms with Gasteiger partial charge in [0.2, 0.25) is 5.88 Å². The van der Waals surface area contributed by atoms with E-state index in [-0.39, 0.29) is 23.2 Å². The number of carbonyl (C=O) groups is 1. The molecule has 0 spiro atoms. The molecule has 1 amide bonds. The monoisotopic (exact) mass is 387 g/mol. The molecule has 2 N–H and O–H groups in total. The second-order valence-corrected chi connectivity index (χ2v) is 6.73. The van der Waals surface area contributed by atoms with E-state index >= 15 is 0 Å². The minimum absolute atomic E-state index is 0.0950. The molecular weight excluding hydrogens is 370 g/mol. The molecule has 1 aliphatic rings. The fourth-order valence-electron chi connectivity index (χ4n) is 3.41. The van der Waals surface area contributed by atoms with Gasteiger partial charge in [0.15, 0.2) is 0 Å². The Balaban J connectivity index is 1.56. The Morgan fingerprint density at radius 2 is 2.03 bits per heavy atom. The summed E-state index contributed by atoms with van der Waals surface area (Å²) in [6, 6.07) is 7.79. The molecule has 0 radical (unpaired) electrons. The quantitative estimate of drug-likeness (QED) is 0.561. The van der Waals surface area contributed by atoms with Crippen LogP contribution in [0, 0.1) is 6.92 Å². The molecule has 144 valence electrons. The Labute approximate surface area is 165 Å². The van der Waals surface area contributed by atoms with E-state index in [1.807, 2.05) is 42.0 Å². The van der Waals surface area contributed by atoms with Gasteiger partial charge >= 0.3 is 0 Å². The molecule has 0 saturated heterocycles. The molecule has 5 heterocycles. The van der Waals surface area contributed by atoms with Gasteiger partial charge in [-0.1, -0.05) is 0 Å². The van der Waals surface area contributed by atoms with Crippen LogP contribution in [0.5, 0.6) is 5.88 Å². The molecule has 0 atom stereocenters. The van der Waals surface area contributed by atoms with E-state index in [9.17, 15) is 4.79 Å². The number of amides is 1. The van der Waals surface area contributed by atoms with Gasteiger partial charge in [-0.05, 0) is 36.8 Å². The number of anilines is 2. The number of ether oxygens (including phenoxy) is 1. The first-order chi connectivity index (χ1) is 14.1. The maximum atomic E-state index is 13.1. The van der Waals surface area contributed by atoms with Crippen molar-refractivity contribution in [3.8, 4) is 11.7 Å². The lowest BCUT2D eigenvalue weighted by Gasteiger charge is -2.20. The minimum Gasteiger partial charge on any atom is -0.475 e. The van der Waals surface area contributed by atoms with Crippen molar-refractivity contribution in [2.45, 2.75) is 6.92 Å². The van der Waals surface area contributed by atoms with Gasteiger partial charge in [-0.15, -0.1) is 0 Å². The van der Waals surface area contributed by atoms with Crippen LogP contribution in [0.25, 0.3) is 16.9 Å². The predicted octanol–water partition coefficient (Wildman–Crippen LogP) is 2.14. The maximum absolute atomic E-state index is 13.1. The summed E-state index contributed by atoms with van der Waals surface area (Å²) in [7, 11) is 0. The fraction of sp³-hybridized carbons (Fsp3) is 0.150. The molecule has 9 nitrogen and oxygen atoms in total. The number of aromatic nitrogens is 5. The SMILES string of the molecule is Cc1ccnc(-n2ccc3cc(N4CCOc5ncnc(N)c5C4=O)cnc32)c1. The molecular formula is C20H17N7O2. The number of rotatable bonds is 2. The largest absolute Gasteiger partial charge is 0.475 e. The van der Waals surface area contributed by atoms with Crippen molar-refractivity contribution in [1.82, 2.24) is 24.5 Å². The third kappa shape index (κ3) is 2.83. The topological polar surface area (TPSA) is 112 Å². The zero-order valence-corrected chi connectivity index (χ0v) is 15.6. The summed E-state index contributed by atoms with van der Waals surface area (Å²) < 4.78 is 7.50. The highest BCUT2D eigenvalue weighted by Gasteiger charge is 2.29. The zero-order valence-electron chi connectivity index (χ0n) is 15.6. The summed E-state index contributed by atoms with van der Waals surface area (Å²) in [6.45, 7) is 2.66. The molecule has 0 fully saturated rings. The van der Waals surface area contributed by atoms with Crippen LogP contribution in [0.2, 0.25) is 0 Å². The Kier molecular flexibility index (Phi) is 3.87. The number of carbonyl (C=O) groups excluding carboxylic acids is 1. The molecule has 9 heteroatoms. The molecule has 0 aliphatic carbocycles. The molecule has 0 saturated carbocycles. The summed E-state index contributed by atoms with van der Waals surface area (Å²) >= 11 is 0. The van der Waals surface area contributed by atoms with Gasteiger partial charge in [-0.25, -0.2) is 19.9 Å². The second kappa shape index (κ2) is 6.55. The fourth-order valence-corrected chi connectivity index (χ4v) is 3.41. The molecule has 5 rings (SSSR count). The smallest absolute Gasteiger partial charge is 0.267 e. The standard InChI is InChI=1S/C20H17N7O2/c1-12-2-4-22-15(8-12)27-5-3-13-9-14(10-23-18(13)27)26-6-7-29-19-16(20(26)28)17(21)24-11-25-19/h2-5,8-11H,6-7H2,1H3,(H2,21,24,25). The molecule has 0 bridgehead atoms. The highest BCUT2D eigenvalue weighted by Crippen LogP contribution is 2.29. The normalized spacial score (nSPS) is 13.8. The van der Waals surface area contributed by atoms with Crippen LogP contribution in [-0.2, 0) is 0 Å². The second-order valence-electron chi connectivity index (χ2n) is 6.73. The summed E-state index contributed by atoms with van der Waals surface area (Å²) in [5.74, 6) is 0.781. The van der Waals surface area contributed by atoms with Crippen LogP contribution in [0.1, 0.15) is 15.9 Å². The van der Waals surface area contributed by atoms with Crippen molar-refractivity contribution in [1.29, 1.82) is 0 Å². The van der Waals surface area contributed by atoms with E-state index in [1.165, 1.54) is 6.33 Å². The Morgan fingerprint density at radius 3 is 2.90 bits per heavy atom. The number of fused-ring (bicyclic) bond motifs is 2. The van der Waals surface area contributed by atoms with Gasteiger partial charge in [0, 0.05) is 17.8 Å². The lowest BCUT2D eigenvalue weighted by molar-refractivity contribution is 0.0990. The van der Waals surface area contributed by atoms with E-state index in [2.05, 4.69) is 19.9 Å². The van der Waals surface area contributed by atoms with Gasteiger partial charge in [-0.2, -0.15) is 0 Å². The highest BCUT2D eigenvalue weighted by molar-refractivity contribution is 6.11. The van der Waals surface area contributed by atoms with Crippen LogP contribution in [-0.4, -0.2) is 43.6 Å². The summed E-state index contributed by atoms with van der Waals surface area (Å²) in [6.07, 6.45) is 6.63. The first kappa shape index (κ1) is 17.1. The van der Waals surface area contributed by atoms with Crippen LogP contribution < -0.4 is 15.4 Å². The van der Waals surface area contributed by atoms with Crippen molar-refractivity contribution >= 4 is 28.4 Å².